The molecule has 0 radical (unpaired) electrons. The number of hydrogen-bond donors (Lipinski definition) is 1. The summed E-state index contributed by atoms with van der Waals surface area (Å²) in [6.45, 7) is 0. The molecule has 100 valence electrons. The van der Waals surface area contributed by atoms with Crippen molar-refractivity contribution in [1.29, 1.82) is 0 Å². The molecule has 2 nitrogen and oxygen atoms in total. The highest BCUT2D eigenvalue weighted by Crippen LogP contribution is 2.26. The lowest BCUT2D eigenvalue weighted by Gasteiger charge is -2.12. The lowest BCUT2D eigenvalue weighted by atomic mass is 10.0. The molecule has 1 N–H and O–H groups in total. The van der Waals surface area contributed by atoms with Crippen LogP contribution in [0, 0.1) is 0 Å². The molecule has 0 aliphatic carbocycles. The third kappa shape index (κ3) is 4.20. The average Bonchev–Trinajstić information content (AvgIpc) is 2.43. The molecule has 1 aromatic carbocycles. The third-order valence-corrected chi connectivity index (χ3v) is 3.86. The summed E-state index contributed by atoms with van der Waals surface area (Å²) >= 11 is 12.1. The van der Waals surface area contributed by atoms with Crippen LogP contribution in [-0.4, -0.2) is 16.2 Å². The Hall–Kier alpha value is -1.09. The minimum atomic E-state index is -0.427. The molecule has 1 unspecified atom stereocenters. The zero-order valence-electron chi connectivity index (χ0n) is 10.4. The summed E-state index contributed by atoms with van der Waals surface area (Å²) in [4.78, 5) is 3.97. The van der Waals surface area contributed by atoms with E-state index in [0.717, 1.165) is 12.0 Å². The molecular weight excluding hydrogens is 281 g/mol. The number of nitrogens with zero attached hydrogens (tertiary/aromatic N) is 1. The topological polar surface area (TPSA) is 33.1 Å². The molecule has 0 spiro atoms. The van der Waals surface area contributed by atoms with Crippen LogP contribution in [0.3, 0.4) is 0 Å². The molecule has 0 saturated carbocycles. The number of aryl methyl sites for hydroxylation is 1. The molecule has 0 aliphatic heterocycles. The number of rotatable bonds is 5. The highest BCUT2D eigenvalue weighted by Gasteiger charge is 2.10. The summed E-state index contributed by atoms with van der Waals surface area (Å²) in [6.07, 6.45) is 5.12. The molecule has 4 heteroatoms. The van der Waals surface area contributed by atoms with Gasteiger partial charge in [0.25, 0.3) is 0 Å². The fraction of sp³-hybridized carbons (Fsp3) is 0.267. The highest BCUT2D eigenvalue weighted by atomic mass is 35.5. The number of aliphatic hydroxyl groups excluding tert-OH is 1. The van der Waals surface area contributed by atoms with Crippen molar-refractivity contribution in [1.82, 2.24) is 4.98 Å². The van der Waals surface area contributed by atoms with Gasteiger partial charge in [0.05, 0.1) is 16.1 Å². The van der Waals surface area contributed by atoms with Crippen molar-refractivity contribution in [3.63, 3.8) is 0 Å². The SMILES string of the molecule is OC(CCc1ccncc1)Cc1cccc(Cl)c1Cl. The zero-order valence-corrected chi connectivity index (χ0v) is 11.9. The molecule has 0 amide bonds. The Morgan fingerprint density at radius 2 is 1.84 bits per heavy atom. The van der Waals surface area contributed by atoms with Gasteiger partial charge in [-0.2, -0.15) is 0 Å². The summed E-state index contributed by atoms with van der Waals surface area (Å²) in [5, 5.41) is 11.1. The van der Waals surface area contributed by atoms with Crippen molar-refractivity contribution in [2.45, 2.75) is 25.4 Å². The number of hydrogen-bond acceptors (Lipinski definition) is 2. The molecule has 2 aromatic rings. The van der Waals surface area contributed by atoms with Crippen LogP contribution in [0.2, 0.25) is 10.0 Å². The van der Waals surface area contributed by atoms with Crippen LogP contribution in [0.25, 0.3) is 0 Å². The fourth-order valence-corrected chi connectivity index (χ4v) is 2.34. The van der Waals surface area contributed by atoms with Crippen LogP contribution in [0.1, 0.15) is 17.5 Å². The number of aromatic nitrogens is 1. The summed E-state index contributed by atoms with van der Waals surface area (Å²) in [5.74, 6) is 0. The van der Waals surface area contributed by atoms with Gasteiger partial charge in [0.1, 0.15) is 0 Å². The monoisotopic (exact) mass is 295 g/mol. The number of pyridine rings is 1. The van der Waals surface area contributed by atoms with Gasteiger partial charge < -0.3 is 5.11 Å². The van der Waals surface area contributed by atoms with Crippen molar-refractivity contribution in [2.75, 3.05) is 0 Å². The highest BCUT2D eigenvalue weighted by molar-refractivity contribution is 6.42. The van der Waals surface area contributed by atoms with Gasteiger partial charge in [-0.15, -0.1) is 0 Å². The molecule has 1 atom stereocenters. The minimum absolute atomic E-state index is 0.427. The number of halogens is 2. The first-order chi connectivity index (χ1) is 9.16. The summed E-state index contributed by atoms with van der Waals surface area (Å²) in [5.41, 5.74) is 2.06. The first-order valence-corrected chi connectivity index (χ1v) is 6.92. The first kappa shape index (κ1) is 14.3. The molecule has 0 saturated heterocycles. The number of benzene rings is 1. The Morgan fingerprint density at radius 3 is 2.58 bits per heavy atom. The molecule has 1 heterocycles. The van der Waals surface area contributed by atoms with Gasteiger partial charge in [0.15, 0.2) is 0 Å². The van der Waals surface area contributed by atoms with E-state index in [0.29, 0.717) is 22.9 Å². The molecular formula is C15H15Cl2NO. The standard InChI is InChI=1S/C15H15Cl2NO/c16-14-3-1-2-12(15(14)17)10-13(19)5-4-11-6-8-18-9-7-11/h1-3,6-9,13,19H,4-5,10H2. The van der Waals surface area contributed by atoms with Crippen LogP contribution in [0.4, 0.5) is 0 Å². The Balaban J connectivity index is 1.91. The van der Waals surface area contributed by atoms with Gasteiger partial charge in [-0.05, 0) is 48.6 Å². The normalized spacial score (nSPS) is 12.4. The van der Waals surface area contributed by atoms with Crippen molar-refractivity contribution in [3.8, 4) is 0 Å². The van der Waals surface area contributed by atoms with Crippen molar-refractivity contribution >= 4 is 23.2 Å². The van der Waals surface area contributed by atoms with Crippen molar-refractivity contribution in [3.05, 3.63) is 63.9 Å². The average molecular weight is 296 g/mol. The smallest absolute Gasteiger partial charge is 0.0625 e. The van der Waals surface area contributed by atoms with Crippen molar-refractivity contribution in [2.24, 2.45) is 0 Å². The Morgan fingerprint density at radius 1 is 1.11 bits per heavy atom. The molecule has 19 heavy (non-hydrogen) atoms. The molecule has 0 aliphatic rings. The van der Waals surface area contributed by atoms with E-state index >= 15 is 0 Å². The second-order valence-corrected chi connectivity index (χ2v) is 5.25. The Bertz CT molecular complexity index is 531. The second kappa shape index (κ2) is 6.90. The third-order valence-electron chi connectivity index (χ3n) is 3.00. The van der Waals surface area contributed by atoms with Crippen LogP contribution in [0.5, 0.6) is 0 Å². The van der Waals surface area contributed by atoms with Crippen molar-refractivity contribution < 1.29 is 5.11 Å². The van der Waals surface area contributed by atoms with E-state index < -0.39 is 6.10 Å². The summed E-state index contributed by atoms with van der Waals surface area (Å²) in [6, 6.07) is 9.40. The van der Waals surface area contributed by atoms with E-state index in [2.05, 4.69) is 4.98 Å². The summed E-state index contributed by atoms with van der Waals surface area (Å²) in [7, 11) is 0. The van der Waals surface area contributed by atoms with Gasteiger partial charge in [-0.3, -0.25) is 4.98 Å². The maximum atomic E-state index is 10.1. The Kier molecular flexibility index (Phi) is 5.20. The molecule has 0 fully saturated rings. The lowest BCUT2D eigenvalue weighted by Crippen LogP contribution is -2.12. The molecule has 2 rings (SSSR count). The van der Waals surface area contributed by atoms with E-state index in [-0.39, 0.29) is 0 Å². The van der Waals surface area contributed by atoms with Gasteiger partial charge in [-0.25, -0.2) is 0 Å². The molecule has 1 aromatic heterocycles. The minimum Gasteiger partial charge on any atom is -0.393 e. The van der Waals surface area contributed by atoms with E-state index in [4.69, 9.17) is 23.2 Å². The van der Waals surface area contributed by atoms with E-state index in [1.165, 1.54) is 5.56 Å². The Labute approximate surface area is 123 Å². The van der Waals surface area contributed by atoms with E-state index in [1.54, 1.807) is 18.5 Å². The predicted octanol–water partition coefficient (Wildman–Crippen LogP) is 3.92. The molecule has 0 bridgehead atoms. The van der Waals surface area contributed by atoms with Gasteiger partial charge >= 0.3 is 0 Å². The summed E-state index contributed by atoms with van der Waals surface area (Å²) < 4.78 is 0. The fourth-order valence-electron chi connectivity index (χ4n) is 1.94. The predicted molar refractivity (Wildman–Crippen MR) is 78.7 cm³/mol. The van der Waals surface area contributed by atoms with Gasteiger partial charge in [0, 0.05) is 12.4 Å². The van der Waals surface area contributed by atoms with Gasteiger partial charge in [-0.1, -0.05) is 35.3 Å². The van der Waals surface area contributed by atoms with Crippen LogP contribution in [0.15, 0.2) is 42.7 Å². The number of aliphatic hydroxyl groups is 1. The first-order valence-electron chi connectivity index (χ1n) is 6.16. The van der Waals surface area contributed by atoms with Crippen LogP contribution >= 0.6 is 23.2 Å². The van der Waals surface area contributed by atoms with E-state index in [9.17, 15) is 5.11 Å². The zero-order chi connectivity index (χ0) is 13.7. The quantitative estimate of drug-likeness (QED) is 0.907. The van der Waals surface area contributed by atoms with Crippen LogP contribution < -0.4 is 0 Å². The van der Waals surface area contributed by atoms with E-state index in [1.807, 2.05) is 24.3 Å². The lowest BCUT2D eigenvalue weighted by molar-refractivity contribution is 0.165. The maximum absolute atomic E-state index is 10.1. The second-order valence-electron chi connectivity index (χ2n) is 4.47. The maximum Gasteiger partial charge on any atom is 0.0625 e. The van der Waals surface area contributed by atoms with Gasteiger partial charge in [0.2, 0.25) is 0 Å². The van der Waals surface area contributed by atoms with Crippen LogP contribution in [-0.2, 0) is 12.8 Å². The largest absolute Gasteiger partial charge is 0.393 e.